The fourth-order valence-corrected chi connectivity index (χ4v) is 4.87. The van der Waals surface area contributed by atoms with Crippen molar-refractivity contribution in [1.29, 1.82) is 0 Å². The smallest absolute Gasteiger partial charge is 0.241 e. The van der Waals surface area contributed by atoms with Crippen molar-refractivity contribution < 1.29 is 13.7 Å². The molecule has 3 aromatic rings. The zero-order valence-electron chi connectivity index (χ0n) is 18.2. The van der Waals surface area contributed by atoms with Crippen molar-refractivity contribution in [3.05, 3.63) is 70.8 Å². The van der Waals surface area contributed by atoms with E-state index in [9.17, 15) is 9.18 Å². The van der Waals surface area contributed by atoms with Crippen LogP contribution < -0.4 is 5.32 Å². The van der Waals surface area contributed by atoms with Gasteiger partial charge in [0.2, 0.25) is 17.6 Å². The van der Waals surface area contributed by atoms with Crippen LogP contribution in [-0.2, 0) is 17.1 Å². The molecule has 1 amide bonds. The average molecular weight is 489 g/mol. The predicted octanol–water partition coefficient (Wildman–Crippen LogP) is 4.79. The Morgan fingerprint density at radius 3 is 2.73 bits per heavy atom. The Morgan fingerprint density at radius 2 is 1.94 bits per heavy atom. The lowest BCUT2D eigenvalue weighted by atomic mass is 9.96. The highest BCUT2D eigenvalue weighted by Gasteiger charge is 2.26. The molecule has 1 saturated heterocycles. The SMILES string of the molecule is O=C(NCCSCc1ccccc1F)C1CCN(Cc2nc(-c3ccccc3Cl)no2)CC1. The van der Waals surface area contributed by atoms with Crippen LogP contribution in [0.4, 0.5) is 4.39 Å². The summed E-state index contributed by atoms with van der Waals surface area (Å²) in [4.78, 5) is 19.2. The first-order valence-corrected chi connectivity index (χ1v) is 12.5. The lowest BCUT2D eigenvalue weighted by molar-refractivity contribution is -0.126. The monoisotopic (exact) mass is 488 g/mol. The van der Waals surface area contributed by atoms with Crippen molar-refractivity contribution >= 4 is 29.3 Å². The molecule has 1 aliphatic heterocycles. The zero-order valence-corrected chi connectivity index (χ0v) is 19.7. The number of rotatable bonds is 9. The first-order valence-electron chi connectivity index (χ1n) is 11.0. The maximum Gasteiger partial charge on any atom is 0.241 e. The normalized spacial score (nSPS) is 15.0. The second-order valence-corrected chi connectivity index (χ2v) is 9.49. The highest BCUT2D eigenvalue weighted by molar-refractivity contribution is 7.98. The number of hydrogen-bond acceptors (Lipinski definition) is 6. The first-order chi connectivity index (χ1) is 16.1. The summed E-state index contributed by atoms with van der Waals surface area (Å²) in [6, 6.07) is 14.2. The Kier molecular flexibility index (Phi) is 8.36. The molecule has 4 rings (SSSR count). The molecule has 1 aliphatic rings. The van der Waals surface area contributed by atoms with E-state index in [2.05, 4.69) is 20.4 Å². The van der Waals surface area contributed by atoms with Crippen molar-refractivity contribution in [2.24, 2.45) is 5.92 Å². The number of carbonyl (C=O) groups is 1. The summed E-state index contributed by atoms with van der Waals surface area (Å²) in [5.41, 5.74) is 1.44. The van der Waals surface area contributed by atoms with Crippen LogP contribution in [0.15, 0.2) is 53.1 Å². The third-order valence-corrected chi connectivity index (χ3v) is 7.00. The van der Waals surface area contributed by atoms with E-state index in [1.54, 1.807) is 30.0 Å². The third kappa shape index (κ3) is 6.56. The number of carbonyl (C=O) groups excluding carboxylic acids is 1. The number of likely N-dealkylation sites (tertiary alicyclic amines) is 1. The van der Waals surface area contributed by atoms with Gasteiger partial charge in [-0.3, -0.25) is 9.69 Å². The lowest BCUT2D eigenvalue weighted by Gasteiger charge is -2.30. The number of nitrogens with zero attached hydrogens (tertiary/aromatic N) is 3. The summed E-state index contributed by atoms with van der Waals surface area (Å²) in [7, 11) is 0. The minimum atomic E-state index is -0.179. The Bertz CT molecular complexity index is 1070. The molecule has 0 bridgehead atoms. The minimum absolute atomic E-state index is 0.0131. The summed E-state index contributed by atoms with van der Waals surface area (Å²) in [5, 5.41) is 7.65. The molecule has 0 radical (unpaired) electrons. The van der Waals surface area contributed by atoms with Crippen LogP contribution in [0.2, 0.25) is 5.02 Å². The molecule has 0 unspecified atom stereocenters. The first kappa shape index (κ1) is 23.7. The molecule has 174 valence electrons. The Balaban J connectivity index is 1.15. The fraction of sp³-hybridized carbons (Fsp3) is 0.375. The van der Waals surface area contributed by atoms with Crippen LogP contribution in [0.25, 0.3) is 11.4 Å². The molecular weight excluding hydrogens is 463 g/mol. The van der Waals surface area contributed by atoms with Gasteiger partial charge in [-0.15, -0.1) is 0 Å². The van der Waals surface area contributed by atoms with E-state index >= 15 is 0 Å². The summed E-state index contributed by atoms with van der Waals surface area (Å²) in [6.07, 6.45) is 1.58. The van der Waals surface area contributed by atoms with Gasteiger partial charge in [0.05, 0.1) is 11.6 Å². The van der Waals surface area contributed by atoms with Gasteiger partial charge in [-0.25, -0.2) is 4.39 Å². The van der Waals surface area contributed by atoms with Gasteiger partial charge in [-0.1, -0.05) is 47.1 Å². The standard InChI is InChI=1S/C24H26ClFN4O2S/c25-20-7-3-2-6-19(20)23-28-22(32-29-23)15-30-12-9-17(10-13-30)24(31)27-11-14-33-16-18-5-1-4-8-21(18)26/h1-8,17H,9-16H2,(H,27,31). The summed E-state index contributed by atoms with van der Waals surface area (Å²) in [6.45, 7) is 2.73. The predicted molar refractivity (Wildman–Crippen MR) is 128 cm³/mol. The number of thioether (sulfide) groups is 1. The maximum atomic E-state index is 13.6. The van der Waals surface area contributed by atoms with Gasteiger partial charge in [0, 0.05) is 29.5 Å². The Hall–Kier alpha value is -2.42. The molecule has 9 heteroatoms. The molecule has 0 aliphatic carbocycles. The lowest BCUT2D eigenvalue weighted by Crippen LogP contribution is -2.40. The number of hydrogen-bond donors (Lipinski definition) is 1. The van der Waals surface area contributed by atoms with Gasteiger partial charge in [0.1, 0.15) is 5.82 Å². The average Bonchev–Trinajstić information content (AvgIpc) is 3.29. The van der Waals surface area contributed by atoms with Crippen molar-refractivity contribution in [3.63, 3.8) is 0 Å². The number of halogens is 2. The van der Waals surface area contributed by atoms with Crippen molar-refractivity contribution in [2.45, 2.75) is 25.1 Å². The molecule has 0 atom stereocenters. The van der Waals surface area contributed by atoms with Crippen molar-refractivity contribution in [1.82, 2.24) is 20.4 Å². The number of amides is 1. The van der Waals surface area contributed by atoms with Crippen LogP contribution in [-0.4, -0.2) is 46.3 Å². The van der Waals surface area contributed by atoms with Gasteiger partial charge in [-0.05, 0) is 49.7 Å². The van der Waals surface area contributed by atoms with E-state index in [0.29, 0.717) is 41.1 Å². The molecule has 6 nitrogen and oxygen atoms in total. The quantitative estimate of drug-likeness (QED) is 0.437. The fourth-order valence-electron chi connectivity index (χ4n) is 3.80. The van der Waals surface area contributed by atoms with Crippen molar-refractivity contribution in [3.8, 4) is 11.4 Å². The summed E-state index contributed by atoms with van der Waals surface area (Å²) >= 11 is 7.82. The van der Waals surface area contributed by atoms with E-state index < -0.39 is 0 Å². The number of nitrogens with one attached hydrogen (secondary N) is 1. The van der Waals surface area contributed by atoms with E-state index in [4.69, 9.17) is 16.1 Å². The van der Waals surface area contributed by atoms with Crippen LogP contribution in [0.3, 0.4) is 0 Å². The van der Waals surface area contributed by atoms with Crippen molar-refractivity contribution in [2.75, 3.05) is 25.4 Å². The topological polar surface area (TPSA) is 71.3 Å². The van der Waals surface area contributed by atoms with Gasteiger partial charge >= 0.3 is 0 Å². The van der Waals surface area contributed by atoms with Gasteiger partial charge in [0.15, 0.2) is 0 Å². The number of aromatic nitrogens is 2. The molecule has 1 fully saturated rings. The molecule has 2 aromatic carbocycles. The second kappa shape index (κ2) is 11.6. The summed E-state index contributed by atoms with van der Waals surface area (Å²) in [5.74, 6) is 2.32. The van der Waals surface area contributed by atoms with Crippen LogP contribution in [0.1, 0.15) is 24.3 Å². The third-order valence-electron chi connectivity index (χ3n) is 5.66. The second-order valence-electron chi connectivity index (χ2n) is 7.98. The molecule has 1 N–H and O–H groups in total. The van der Waals surface area contributed by atoms with E-state index in [-0.39, 0.29) is 17.6 Å². The number of benzene rings is 2. The highest BCUT2D eigenvalue weighted by atomic mass is 35.5. The molecule has 0 spiro atoms. The Morgan fingerprint density at radius 1 is 1.18 bits per heavy atom. The highest BCUT2D eigenvalue weighted by Crippen LogP contribution is 2.26. The zero-order chi connectivity index (χ0) is 23.0. The van der Waals surface area contributed by atoms with Gasteiger partial charge in [-0.2, -0.15) is 16.7 Å². The Labute approximate surface area is 201 Å². The van der Waals surface area contributed by atoms with Gasteiger partial charge in [0.25, 0.3) is 0 Å². The minimum Gasteiger partial charge on any atom is -0.355 e. The molecule has 0 saturated carbocycles. The van der Waals surface area contributed by atoms with Gasteiger partial charge < -0.3 is 9.84 Å². The number of piperidine rings is 1. The molecule has 33 heavy (non-hydrogen) atoms. The van der Waals surface area contributed by atoms with E-state index in [0.717, 1.165) is 37.2 Å². The largest absolute Gasteiger partial charge is 0.355 e. The molecule has 1 aromatic heterocycles. The van der Waals surface area contributed by atoms with Crippen LogP contribution >= 0.6 is 23.4 Å². The van der Waals surface area contributed by atoms with Crippen LogP contribution in [0.5, 0.6) is 0 Å². The summed E-state index contributed by atoms with van der Waals surface area (Å²) < 4.78 is 19.0. The van der Waals surface area contributed by atoms with Crippen LogP contribution in [0, 0.1) is 11.7 Å². The maximum absolute atomic E-state index is 13.6. The molecule has 2 heterocycles. The van der Waals surface area contributed by atoms with E-state index in [1.807, 2.05) is 24.3 Å². The molecular formula is C24H26ClFN4O2S. The van der Waals surface area contributed by atoms with E-state index in [1.165, 1.54) is 6.07 Å².